The van der Waals surface area contributed by atoms with Crippen LogP contribution in [0.2, 0.25) is 0 Å². The van der Waals surface area contributed by atoms with Crippen LogP contribution in [0.5, 0.6) is 0 Å². The topological polar surface area (TPSA) is 131 Å². The SMILES string of the molecule is CC(=O)NCC1CN(c2ccc(-c3ccc(N4CC(C(N)C(C)=O)OC4=O)cc3F)c(F)c2)C(=O)O1. The molecule has 2 heterocycles. The number of nitrogens with two attached hydrogens (primary N) is 1. The first-order valence-electron chi connectivity index (χ1n) is 11.1. The summed E-state index contributed by atoms with van der Waals surface area (Å²) < 4.78 is 40.3. The fourth-order valence-electron chi connectivity index (χ4n) is 4.02. The van der Waals surface area contributed by atoms with Gasteiger partial charge < -0.3 is 20.5 Å². The maximum atomic E-state index is 15.0. The van der Waals surface area contributed by atoms with Crippen LogP contribution in [-0.4, -0.2) is 61.8 Å². The summed E-state index contributed by atoms with van der Waals surface area (Å²) in [5.41, 5.74) is 6.03. The molecule has 3 atom stereocenters. The Labute approximate surface area is 204 Å². The standard InChI is InChI=1S/C24H24F2N4O6/c1-12(31)22(27)21-11-30(24(34)36-21)15-4-6-18(20(26)8-15)17-5-3-14(7-19(17)25)29-10-16(35-23(29)33)9-28-13(2)32/h3-8,16,21-22H,9-11,27H2,1-2H3,(H,28,32). The zero-order valence-electron chi connectivity index (χ0n) is 19.5. The molecule has 0 aromatic heterocycles. The van der Waals surface area contributed by atoms with Crippen molar-refractivity contribution in [1.29, 1.82) is 0 Å². The fourth-order valence-corrected chi connectivity index (χ4v) is 4.02. The van der Waals surface area contributed by atoms with E-state index >= 15 is 4.39 Å². The number of hydrogen-bond acceptors (Lipinski definition) is 7. The second-order valence-corrected chi connectivity index (χ2v) is 8.55. The summed E-state index contributed by atoms with van der Waals surface area (Å²) in [6.45, 7) is 2.83. The second kappa shape index (κ2) is 9.90. The highest BCUT2D eigenvalue weighted by Crippen LogP contribution is 2.33. The van der Waals surface area contributed by atoms with Crippen LogP contribution in [0.25, 0.3) is 11.1 Å². The van der Waals surface area contributed by atoms with E-state index in [4.69, 9.17) is 15.2 Å². The maximum absolute atomic E-state index is 15.0. The molecule has 2 fully saturated rings. The quantitative estimate of drug-likeness (QED) is 0.594. The summed E-state index contributed by atoms with van der Waals surface area (Å²) in [5.74, 6) is -2.18. The van der Waals surface area contributed by atoms with Gasteiger partial charge in [-0.2, -0.15) is 0 Å². The van der Waals surface area contributed by atoms with Gasteiger partial charge in [-0.3, -0.25) is 19.4 Å². The van der Waals surface area contributed by atoms with Crippen molar-refractivity contribution in [2.75, 3.05) is 29.4 Å². The average Bonchev–Trinajstić information content (AvgIpc) is 3.39. The Hall–Kier alpha value is -4.06. The largest absolute Gasteiger partial charge is 0.442 e. The van der Waals surface area contributed by atoms with Crippen molar-refractivity contribution in [3.05, 3.63) is 48.0 Å². The Bertz CT molecular complexity index is 1240. The third kappa shape index (κ3) is 4.98. The van der Waals surface area contributed by atoms with Gasteiger partial charge in [-0.1, -0.05) is 0 Å². The third-order valence-corrected chi connectivity index (χ3v) is 5.98. The van der Waals surface area contributed by atoms with Gasteiger partial charge in [0.25, 0.3) is 0 Å². The van der Waals surface area contributed by atoms with Gasteiger partial charge in [0.2, 0.25) is 5.91 Å². The minimum absolute atomic E-state index is 0.0315. The number of ether oxygens (including phenoxy) is 2. The number of Topliss-reactive ketones (excluding diaryl/α,β-unsaturated/α-hetero) is 1. The van der Waals surface area contributed by atoms with Gasteiger partial charge >= 0.3 is 12.2 Å². The maximum Gasteiger partial charge on any atom is 0.414 e. The molecule has 0 spiro atoms. The molecule has 190 valence electrons. The highest BCUT2D eigenvalue weighted by Gasteiger charge is 2.38. The Balaban J connectivity index is 1.51. The summed E-state index contributed by atoms with van der Waals surface area (Å²) in [6.07, 6.45) is -2.91. The number of rotatable bonds is 7. The molecule has 10 nitrogen and oxygen atoms in total. The molecule has 0 radical (unpaired) electrons. The van der Waals surface area contributed by atoms with Gasteiger partial charge in [0.05, 0.1) is 31.0 Å². The molecule has 3 amide bonds. The van der Waals surface area contributed by atoms with E-state index in [1.165, 1.54) is 43.0 Å². The van der Waals surface area contributed by atoms with E-state index in [1.807, 2.05) is 0 Å². The number of anilines is 2. The lowest BCUT2D eigenvalue weighted by Crippen LogP contribution is -2.43. The lowest BCUT2D eigenvalue weighted by atomic mass is 10.0. The summed E-state index contributed by atoms with van der Waals surface area (Å²) >= 11 is 0. The van der Waals surface area contributed by atoms with E-state index in [0.29, 0.717) is 0 Å². The number of carbonyl (C=O) groups excluding carboxylic acids is 4. The molecule has 36 heavy (non-hydrogen) atoms. The molecule has 2 saturated heterocycles. The zero-order valence-corrected chi connectivity index (χ0v) is 19.5. The molecule has 4 rings (SSSR count). The minimum Gasteiger partial charge on any atom is -0.442 e. The molecule has 2 aliphatic heterocycles. The van der Waals surface area contributed by atoms with Crippen molar-refractivity contribution in [2.24, 2.45) is 5.73 Å². The van der Waals surface area contributed by atoms with Gasteiger partial charge in [-0.15, -0.1) is 0 Å². The smallest absolute Gasteiger partial charge is 0.414 e. The molecule has 12 heteroatoms. The van der Waals surface area contributed by atoms with Gasteiger partial charge in [-0.25, -0.2) is 18.4 Å². The van der Waals surface area contributed by atoms with E-state index in [2.05, 4.69) is 5.32 Å². The van der Waals surface area contributed by atoms with Gasteiger partial charge in [0.1, 0.15) is 35.7 Å². The molecule has 3 unspecified atom stereocenters. The van der Waals surface area contributed by atoms with Crippen LogP contribution in [-0.2, 0) is 19.1 Å². The van der Waals surface area contributed by atoms with Gasteiger partial charge in [0.15, 0.2) is 0 Å². The number of nitrogens with zero attached hydrogens (tertiary/aromatic N) is 2. The highest BCUT2D eigenvalue weighted by atomic mass is 19.1. The number of carbonyl (C=O) groups is 4. The summed E-state index contributed by atoms with van der Waals surface area (Å²) in [7, 11) is 0. The van der Waals surface area contributed by atoms with E-state index < -0.39 is 42.1 Å². The molecule has 2 aromatic carbocycles. The van der Waals surface area contributed by atoms with Crippen molar-refractivity contribution in [2.45, 2.75) is 32.1 Å². The zero-order chi connectivity index (χ0) is 26.1. The minimum atomic E-state index is -0.996. The first-order chi connectivity index (χ1) is 17.0. The number of nitrogens with one attached hydrogen (secondary N) is 1. The lowest BCUT2D eigenvalue weighted by molar-refractivity contribution is -0.120. The van der Waals surface area contributed by atoms with Crippen molar-refractivity contribution in [1.82, 2.24) is 5.32 Å². The number of cyclic esters (lactones) is 2. The normalized spacial score (nSPS) is 20.2. The van der Waals surface area contributed by atoms with E-state index in [-0.39, 0.29) is 53.8 Å². The Morgan fingerprint density at radius 3 is 2.00 bits per heavy atom. The van der Waals surface area contributed by atoms with Crippen molar-refractivity contribution in [3.8, 4) is 11.1 Å². The van der Waals surface area contributed by atoms with Crippen molar-refractivity contribution < 1.29 is 37.4 Å². The van der Waals surface area contributed by atoms with Gasteiger partial charge in [0, 0.05) is 18.1 Å². The van der Waals surface area contributed by atoms with Crippen molar-refractivity contribution in [3.63, 3.8) is 0 Å². The molecule has 0 saturated carbocycles. The monoisotopic (exact) mass is 502 g/mol. The first-order valence-corrected chi connectivity index (χ1v) is 11.1. The number of amides is 3. The molecule has 0 aliphatic carbocycles. The highest BCUT2D eigenvalue weighted by molar-refractivity contribution is 5.92. The molecule has 2 aromatic rings. The Morgan fingerprint density at radius 1 is 0.972 bits per heavy atom. The van der Waals surface area contributed by atoms with Crippen LogP contribution in [0.3, 0.4) is 0 Å². The van der Waals surface area contributed by atoms with E-state index in [0.717, 1.165) is 17.0 Å². The summed E-state index contributed by atoms with van der Waals surface area (Å²) in [6, 6.07) is 6.71. The van der Waals surface area contributed by atoms with Crippen LogP contribution in [0.1, 0.15) is 13.8 Å². The third-order valence-electron chi connectivity index (χ3n) is 5.98. The van der Waals surface area contributed by atoms with Gasteiger partial charge in [-0.05, 0) is 43.3 Å². The second-order valence-electron chi connectivity index (χ2n) is 8.55. The predicted octanol–water partition coefficient (Wildman–Crippen LogP) is 2.33. The molecule has 2 aliphatic rings. The van der Waals surface area contributed by atoms with Crippen LogP contribution < -0.4 is 20.9 Å². The molecule has 3 N–H and O–H groups in total. The lowest BCUT2D eigenvalue weighted by Gasteiger charge is -2.17. The fraction of sp³-hybridized carbons (Fsp3) is 0.333. The number of ketones is 1. The Kier molecular flexibility index (Phi) is 6.88. The van der Waals surface area contributed by atoms with Crippen LogP contribution in [0, 0.1) is 11.6 Å². The van der Waals surface area contributed by atoms with Crippen molar-refractivity contribution >= 4 is 35.3 Å². The average molecular weight is 502 g/mol. The first kappa shape index (κ1) is 25.0. The molecule has 0 bridgehead atoms. The molecular formula is C24H24F2N4O6. The van der Waals surface area contributed by atoms with Crippen LogP contribution in [0.15, 0.2) is 36.4 Å². The van der Waals surface area contributed by atoms with E-state index in [9.17, 15) is 23.6 Å². The molecular weight excluding hydrogens is 478 g/mol. The van der Waals surface area contributed by atoms with Crippen LogP contribution >= 0.6 is 0 Å². The van der Waals surface area contributed by atoms with Crippen LogP contribution in [0.4, 0.5) is 29.7 Å². The summed E-state index contributed by atoms with van der Waals surface area (Å²) in [5, 5.41) is 2.56. The Morgan fingerprint density at radius 2 is 1.50 bits per heavy atom. The predicted molar refractivity (Wildman–Crippen MR) is 124 cm³/mol. The number of halogens is 2. The number of benzene rings is 2. The number of hydrogen-bond donors (Lipinski definition) is 2. The summed E-state index contributed by atoms with van der Waals surface area (Å²) in [4.78, 5) is 49.3. The van der Waals surface area contributed by atoms with E-state index in [1.54, 1.807) is 0 Å².